The predicted molar refractivity (Wildman–Crippen MR) is 114 cm³/mol. The number of carbonyl (C=O) groups excluding carboxylic acids is 1. The van der Waals surface area contributed by atoms with E-state index >= 15 is 0 Å². The molecule has 0 bridgehead atoms. The molecule has 1 atom stereocenters. The summed E-state index contributed by atoms with van der Waals surface area (Å²) in [5.74, 6) is 0.126. The van der Waals surface area contributed by atoms with E-state index in [1.807, 2.05) is 37.4 Å². The van der Waals surface area contributed by atoms with Crippen LogP contribution in [-0.2, 0) is 9.53 Å². The predicted octanol–water partition coefficient (Wildman–Crippen LogP) is 3.67. The fourth-order valence-corrected chi connectivity index (χ4v) is 3.71. The van der Waals surface area contributed by atoms with Crippen molar-refractivity contribution in [2.45, 2.75) is 44.9 Å². The molecular weight excluding hydrogens is 390 g/mol. The second-order valence-electron chi connectivity index (χ2n) is 6.89. The van der Waals surface area contributed by atoms with E-state index < -0.39 is 11.9 Å². The van der Waals surface area contributed by atoms with Gasteiger partial charge in [0.15, 0.2) is 5.16 Å². The van der Waals surface area contributed by atoms with E-state index in [2.05, 4.69) is 15.3 Å². The number of rotatable bonds is 6. The number of anilines is 1. The molecule has 0 aliphatic carbocycles. The van der Waals surface area contributed by atoms with Gasteiger partial charge in [-0.3, -0.25) is 4.79 Å². The number of hydrogen-bond acceptors (Lipinski definition) is 7. The molecule has 1 aliphatic rings. The summed E-state index contributed by atoms with van der Waals surface area (Å²) in [6.45, 7) is 7.86. The highest BCUT2D eigenvalue weighted by atomic mass is 32.2. The maximum Gasteiger partial charge on any atom is 0.337 e. The molecule has 1 aromatic heterocycles. The molecule has 0 saturated carbocycles. The molecule has 0 saturated heterocycles. The van der Waals surface area contributed by atoms with Gasteiger partial charge in [-0.15, -0.1) is 0 Å². The molecule has 0 spiro atoms. The fraction of sp³-hybridized carbons (Fsp3) is 0.381. The van der Waals surface area contributed by atoms with Gasteiger partial charge in [0, 0.05) is 5.70 Å². The maximum absolute atomic E-state index is 12.9. The molecule has 1 unspecified atom stereocenters. The zero-order chi connectivity index (χ0) is 21.1. The summed E-state index contributed by atoms with van der Waals surface area (Å²) < 4.78 is 11.0. The molecule has 3 rings (SSSR count). The van der Waals surface area contributed by atoms with Gasteiger partial charge in [0.05, 0.1) is 29.8 Å². The summed E-state index contributed by atoms with van der Waals surface area (Å²) in [7, 11) is 0. The van der Waals surface area contributed by atoms with Gasteiger partial charge in [0.1, 0.15) is 11.6 Å². The van der Waals surface area contributed by atoms with Gasteiger partial charge in [0.2, 0.25) is 0 Å². The van der Waals surface area contributed by atoms with Gasteiger partial charge in [-0.1, -0.05) is 23.9 Å². The number of aromatic nitrogens is 2. The number of fused-ring (bicyclic) bond motifs is 1. The minimum atomic E-state index is -0.597. The first-order chi connectivity index (χ1) is 13.8. The average molecular weight is 416 g/mol. The third kappa shape index (κ3) is 4.32. The fourth-order valence-electron chi connectivity index (χ4n) is 3.33. The van der Waals surface area contributed by atoms with E-state index in [1.165, 1.54) is 11.8 Å². The Morgan fingerprint density at radius 3 is 2.55 bits per heavy atom. The number of aromatic amines is 1. The Hall–Kier alpha value is -2.74. The van der Waals surface area contributed by atoms with Crippen LogP contribution in [0.5, 0.6) is 5.75 Å². The van der Waals surface area contributed by atoms with Crippen molar-refractivity contribution in [3.8, 4) is 5.75 Å². The van der Waals surface area contributed by atoms with E-state index in [-0.39, 0.29) is 11.7 Å². The van der Waals surface area contributed by atoms with Crippen LogP contribution in [0.25, 0.3) is 0 Å². The van der Waals surface area contributed by atoms with Crippen molar-refractivity contribution in [1.82, 2.24) is 9.97 Å². The summed E-state index contributed by atoms with van der Waals surface area (Å²) in [6, 6.07) is 7.39. The topological polar surface area (TPSA) is 93.3 Å². The van der Waals surface area contributed by atoms with E-state index in [9.17, 15) is 9.59 Å². The van der Waals surface area contributed by atoms with Gasteiger partial charge in [-0.05, 0) is 51.6 Å². The number of benzene rings is 1. The number of nitrogens with one attached hydrogen (secondary N) is 2. The number of ether oxygens (including phenoxy) is 2. The first-order valence-corrected chi connectivity index (χ1v) is 10.7. The van der Waals surface area contributed by atoms with Gasteiger partial charge in [0.25, 0.3) is 5.56 Å². The van der Waals surface area contributed by atoms with Gasteiger partial charge in [-0.2, -0.15) is 0 Å². The van der Waals surface area contributed by atoms with Crippen molar-refractivity contribution in [1.29, 1.82) is 0 Å². The summed E-state index contributed by atoms with van der Waals surface area (Å²) in [5, 5.41) is 3.63. The van der Waals surface area contributed by atoms with E-state index in [0.29, 0.717) is 34.4 Å². The summed E-state index contributed by atoms with van der Waals surface area (Å²) >= 11 is 1.35. The SMILES string of the molecule is CCOc1ccc(C2C(C(=O)OC(C)C)=C(C)Nc3nc(SC)[nH]c(=O)c32)cc1. The molecule has 1 aliphatic heterocycles. The van der Waals surface area contributed by atoms with Crippen molar-refractivity contribution in [2.24, 2.45) is 0 Å². The number of hydrogen-bond donors (Lipinski definition) is 2. The van der Waals surface area contributed by atoms with Crippen molar-refractivity contribution >= 4 is 23.5 Å². The summed E-state index contributed by atoms with van der Waals surface area (Å²) in [6.07, 6.45) is 1.56. The van der Waals surface area contributed by atoms with Gasteiger partial charge < -0.3 is 19.8 Å². The molecule has 154 valence electrons. The smallest absolute Gasteiger partial charge is 0.337 e. The Morgan fingerprint density at radius 2 is 1.97 bits per heavy atom. The molecule has 0 radical (unpaired) electrons. The van der Waals surface area contributed by atoms with Crippen molar-refractivity contribution in [3.63, 3.8) is 0 Å². The standard InChI is InChI=1S/C21H25N3O4S/c1-6-27-14-9-7-13(8-10-14)16-15(20(26)28-11(2)3)12(4)22-18-17(16)19(25)24-21(23-18)29-5/h7-11,16H,6H2,1-5H3,(H2,22,23,24,25). The van der Waals surface area contributed by atoms with Gasteiger partial charge in [-0.25, -0.2) is 9.78 Å². The second-order valence-corrected chi connectivity index (χ2v) is 7.69. The molecule has 29 heavy (non-hydrogen) atoms. The lowest BCUT2D eigenvalue weighted by Gasteiger charge is -2.29. The zero-order valence-corrected chi connectivity index (χ0v) is 18.0. The maximum atomic E-state index is 12.9. The number of carbonyl (C=O) groups is 1. The minimum Gasteiger partial charge on any atom is -0.494 e. The first-order valence-electron chi connectivity index (χ1n) is 9.45. The third-order valence-electron chi connectivity index (χ3n) is 4.50. The zero-order valence-electron chi connectivity index (χ0n) is 17.2. The highest BCUT2D eigenvalue weighted by Crippen LogP contribution is 2.40. The second kappa shape index (κ2) is 8.73. The Bertz CT molecular complexity index is 996. The van der Waals surface area contributed by atoms with Crippen LogP contribution >= 0.6 is 11.8 Å². The minimum absolute atomic E-state index is 0.277. The number of thioether (sulfide) groups is 1. The van der Waals surface area contributed by atoms with Crippen LogP contribution in [0.4, 0.5) is 5.82 Å². The molecule has 0 fully saturated rings. The van der Waals surface area contributed by atoms with E-state index in [1.54, 1.807) is 20.8 Å². The summed E-state index contributed by atoms with van der Waals surface area (Å²) in [5.41, 5.74) is 1.92. The third-order valence-corrected chi connectivity index (χ3v) is 5.08. The molecular formula is C21H25N3O4S. The molecule has 8 heteroatoms. The molecule has 2 N–H and O–H groups in total. The van der Waals surface area contributed by atoms with Crippen LogP contribution in [0.1, 0.15) is 44.7 Å². The van der Waals surface area contributed by atoms with Gasteiger partial charge >= 0.3 is 5.97 Å². The molecule has 1 aromatic carbocycles. The number of esters is 1. The number of nitrogens with zero attached hydrogens (tertiary/aromatic N) is 1. The Labute approximate surface area is 173 Å². The Balaban J connectivity index is 2.18. The number of H-pyrrole nitrogens is 1. The lowest BCUT2D eigenvalue weighted by molar-refractivity contribution is -0.143. The lowest BCUT2D eigenvalue weighted by Crippen LogP contribution is -2.31. The van der Waals surface area contributed by atoms with Crippen molar-refractivity contribution < 1.29 is 14.3 Å². The molecule has 7 nitrogen and oxygen atoms in total. The monoisotopic (exact) mass is 415 g/mol. The molecule has 0 amide bonds. The van der Waals surface area contributed by atoms with Crippen LogP contribution < -0.4 is 15.6 Å². The quantitative estimate of drug-likeness (QED) is 0.422. The highest BCUT2D eigenvalue weighted by Gasteiger charge is 2.36. The van der Waals surface area contributed by atoms with E-state index in [0.717, 1.165) is 11.3 Å². The highest BCUT2D eigenvalue weighted by molar-refractivity contribution is 7.98. The van der Waals surface area contributed by atoms with Crippen molar-refractivity contribution in [3.05, 3.63) is 57.0 Å². The normalized spacial score (nSPS) is 15.7. The Morgan fingerprint density at radius 1 is 1.28 bits per heavy atom. The average Bonchev–Trinajstić information content (AvgIpc) is 2.67. The van der Waals surface area contributed by atoms with Crippen LogP contribution in [0.15, 0.2) is 45.5 Å². The van der Waals surface area contributed by atoms with Crippen LogP contribution in [0, 0.1) is 0 Å². The van der Waals surface area contributed by atoms with E-state index in [4.69, 9.17) is 9.47 Å². The van der Waals surface area contributed by atoms with Crippen LogP contribution in [0.3, 0.4) is 0 Å². The number of allylic oxidation sites excluding steroid dienone is 1. The Kier molecular flexibility index (Phi) is 6.32. The van der Waals surface area contributed by atoms with Crippen LogP contribution in [-0.4, -0.2) is 34.9 Å². The first kappa shape index (κ1) is 21.0. The largest absolute Gasteiger partial charge is 0.494 e. The lowest BCUT2D eigenvalue weighted by atomic mass is 9.82. The molecule has 2 heterocycles. The summed E-state index contributed by atoms with van der Waals surface area (Å²) in [4.78, 5) is 33.2. The van der Waals surface area contributed by atoms with Crippen LogP contribution in [0.2, 0.25) is 0 Å². The van der Waals surface area contributed by atoms with Crippen molar-refractivity contribution in [2.75, 3.05) is 18.2 Å². The molecule has 2 aromatic rings.